The van der Waals surface area contributed by atoms with Gasteiger partial charge in [-0.1, -0.05) is 20.8 Å². The number of benzene rings is 1. The summed E-state index contributed by atoms with van der Waals surface area (Å²) in [6, 6.07) is 11.7. The highest BCUT2D eigenvalue weighted by Gasteiger charge is 2.50. The first-order valence-corrected chi connectivity index (χ1v) is 17.5. The molecule has 11 heteroatoms. The number of ether oxygens (including phenoxy) is 1. The van der Waals surface area contributed by atoms with Gasteiger partial charge in [-0.3, -0.25) is 9.78 Å². The lowest BCUT2D eigenvalue weighted by Gasteiger charge is -2.38. The van der Waals surface area contributed by atoms with Crippen LogP contribution in [0.4, 0.5) is 10.5 Å². The maximum atomic E-state index is 13.2. The highest BCUT2D eigenvalue weighted by Crippen LogP contribution is 2.58. The van der Waals surface area contributed by atoms with Crippen LogP contribution >= 0.6 is 11.3 Å². The molecule has 4 atom stereocenters. The number of pyridine rings is 1. The predicted octanol–water partition coefficient (Wildman–Crippen LogP) is 6.03. The van der Waals surface area contributed by atoms with Crippen LogP contribution in [-0.4, -0.2) is 68.2 Å². The third kappa shape index (κ3) is 5.96. The number of fused-ring (bicyclic) bond motifs is 4. The Hall–Kier alpha value is -4.27. The number of aromatic nitrogens is 3. The second kappa shape index (κ2) is 11.7. The zero-order valence-electron chi connectivity index (χ0n) is 28.4. The largest absolute Gasteiger partial charge is 0.444 e. The van der Waals surface area contributed by atoms with Crippen molar-refractivity contribution in [1.82, 2.24) is 19.7 Å². The van der Waals surface area contributed by atoms with Crippen LogP contribution in [0.5, 0.6) is 0 Å². The van der Waals surface area contributed by atoms with Crippen molar-refractivity contribution in [1.29, 1.82) is 5.26 Å². The van der Waals surface area contributed by atoms with E-state index in [0.717, 1.165) is 50.4 Å². The van der Waals surface area contributed by atoms with Crippen molar-refractivity contribution < 1.29 is 14.6 Å². The number of hydrogen-bond donors (Lipinski definition) is 1. The van der Waals surface area contributed by atoms with E-state index in [1.807, 2.05) is 45.0 Å². The Kier molecular flexibility index (Phi) is 7.87. The maximum Gasteiger partial charge on any atom is 0.410 e. The van der Waals surface area contributed by atoms with Crippen molar-refractivity contribution in [3.63, 3.8) is 0 Å². The van der Waals surface area contributed by atoms with E-state index in [0.29, 0.717) is 36.9 Å². The minimum absolute atomic E-state index is 0.0214. The van der Waals surface area contributed by atoms with Crippen molar-refractivity contribution in [2.45, 2.75) is 89.9 Å². The summed E-state index contributed by atoms with van der Waals surface area (Å²) in [6.45, 7) is 13.2. The van der Waals surface area contributed by atoms with Crippen LogP contribution in [0.25, 0.3) is 21.3 Å². The molecule has 5 heterocycles. The number of amides is 1. The molecule has 0 unspecified atom stereocenters. The highest BCUT2D eigenvalue weighted by molar-refractivity contribution is 7.19. The molecule has 4 aromatic rings. The van der Waals surface area contributed by atoms with Crippen LogP contribution in [0.15, 0.2) is 47.5 Å². The SMILES string of the molecule is CC(C)(C)OC(=O)N1C[C@@H](N2C[C@H]3C[C@H]3c3cc(C#N)cc(-c4ccnc5cc(Cn6ncc(C(C)(C)C)cc6=O)sc45)c32)C[C@@H]1CO. The highest BCUT2D eigenvalue weighted by atomic mass is 32.1. The van der Waals surface area contributed by atoms with Gasteiger partial charge >= 0.3 is 6.09 Å². The molecule has 10 nitrogen and oxygen atoms in total. The molecule has 0 radical (unpaired) electrons. The van der Waals surface area contributed by atoms with E-state index in [2.05, 4.69) is 36.8 Å². The minimum Gasteiger partial charge on any atom is -0.444 e. The lowest BCUT2D eigenvalue weighted by molar-refractivity contribution is 0.0174. The lowest BCUT2D eigenvalue weighted by atomic mass is 9.89. The molecule has 1 saturated carbocycles. The van der Waals surface area contributed by atoms with E-state index < -0.39 is 11.7 Å². The topological polar surface area (TPSA) is 125 Å². The van der Waals surface area contributed by atoms with Crippen LogP contribution < -0.4 is 10.5 Å². The number of nitriles is 1. The standard InChI is InChI=1S/C37H42N6O4S/c1-36(2,3)23-12-32(45)43(40-16-23)19-26-14-31-34(48-26)27(7-8-39-31)29-9-21(15-38)10-30-28-11-22(28)17-41(33(29)30)24-13-25(20-44)42(18-24)35(46)47-37(4,5)6/h7-10,12,14,16,22,24-25,28,44H,11,13,17-20H2,1-6H3/t22-,24+,25-,28-/m1/s1. The molecule has 250 valence electrons. The summed E-state index contributed by atoms with van der Waals surface area (Å²) in [7, 11) is 0. The average molecular weight is 667 g/mol. The van der Waals surface area contributed by atoms with Gasteiger partial charge in [0, 0.05) is 53.1 Å². The number of nitrogens with zero attached hydrogens (tertiary/aromatic N) is 6. The summed E-state index contributed by atoms with van der Waals surface area (Å²) in [6.07, 6.45) is 4.85. The van der Waals surface area contributed by atoms with E-state index in [4.69, 9.17) is 9.72 Å². The molecule has 48 heavy (non-hydrogen) atoms. The number of carbonyl (C=O) groups is 1. The van der Waals surface area contributed by atoms with Gasteiger partial charge < -0.3 is 19.6 Å². The molecule has 1 aromatic carbocycles. The molecular weight excluding hydrogens is 625 g/mol. The molecule has 1 aliphatic carbocycles. The molecule has 2 fully saturated rings. The van der Waals surface area contributed by atoms with Gasteiger partial charge in [0.05, 0.1) is 47.2 Å². The van der Waals surface area contributed by atoms with Gasteiger partial charge in [-0.05, 0) is 86.3 Å². The van der Waals surface area contributed by atoms with Crippen molar-refractivity contribution in [2.24, 2.45) is 5.92 Å². The first-order chi connectivity index (χ1) is 22.7. The molecule has 1 amide bonds. The lowest BCUT2D eigenvalue weighted by Crippen LogP contribution is -2.44. The van der Waals surface area contributed by atoms with Crippen LogP contribution in [0.2, 0.25) is 0 Å². The number of aliphatic hydroxyl groups excluding tert-OH is 1. The van der Waals surface area contributed by atoms with E-state index in [-0.39, 0.29) is 29.7 Å². The van der Waals surface area contributed by atoms with Crippen LogP contribution in [0, 0.1) is 17.2 Å². The third-order valence-electron chi connectivity index (χ3n) is 9.78. The Morgan fingerprint density at radius 1 is 1.10 bits per heavy atom. The normalized spacial score (nSPS) is 22.0. The smallest absolute Gasteiger partial charge is 0.410 e. The Labute approximate surface area is 284 Å². The van der Waals surface area contributed by atoms with Crippen LogP contribution in [-0.2, 0) is 16.7 Å². The number of rotatable bonds is 5. The van der Waals surface area contributed by atoms with Gasteiger partial charge in [-0.2, -0.15) is 10.4 Å². The second-order valence-corrected chi connectivity index (χ2v) is 16.6. The van der Waals surface area contributed by atoms with Gasteiger partial charge in [0.1, 0.15) is 5.60 Å². The first kappa shape index (κ1) is 32.3. The number of carbonyl (C=O) groups excluding carboxylic acids is 1. The summed E-state index contributed by atoms with van der Waals surface area (Å²) >= 11 is 1.59. The Balaban J connectivity index is 1.28. The minimum atomic E-state index is -0.638. The Morgan fingerprint density at radius 3 is 2.58 bits per heavy atom. The number of hydrogen-bond acceptors (Lipinski definition) is 9. The number of aliphatic hydroxyl groups is 1. The third-order valence-corrected chi connectivity index (χ3v) is 10.9. The monoisotopic (exact) mass is 666 g/mol. The molecule has 0 bridgehead atoms. The summed E-state index contributed by atoms with van der Waals surface area (Å²) < 4.78 is 8.19. The molecular formula is C37H42N6O4S. The molecule has 1 N–H and O–H groups in total. The summed E-state index contributed by atoms with van der Waals surface area (Å²) in [5, 5.41) is 24.9. The molecule has 3 aromatic heterocycles. The van der Waals surface area contributed by atoms with Crippen molar-refractivity contribution in [2.75, 3.05) is 24.6 Å². The van der Waals surface area contributed by atoms with Crippen molar-refractivity contribution in [3.8, 4) is 17.2 Å². The maximum absolute atomic E-state index is 13.2. The Bertz CT molecular complexity index is 2020. The van der Waals surface area contributed by atoms with Crippen LogP contribution in [0.3, 0.4) is 0 Å². The predicted molar refractivity (Wildman–Crippen MR) is 186 cm³/mol. The van der Waals surface area contributed by atoms with E-state index in [1.54, 1.807) is 34.7 Å². The zero-order chi connectivity index (χ0) is 34.1. The van der Waals surface area contributed by atoms with E-state index in [9.17, 15) is 20.0 Å². The van der Waals surface area contributed by atoms with Gasteiger partial charge in [0.15, 0.2) is 0 Å². The molecule has 0 spiro atoms. The molecule has 2 aliphatic heterocycles. The fourth-order valence-corrected chi connectivity index (χ4v) is 8.38. The molecule has 3 aliphatic rings. The molecule has 7 rings (SSSR count). The average Bonchev–Trinajstić information content (AvgIpc) is 3.49. The Morgan fingerprint density at radius 2 is 1.90 bits per heavy atom. The van der Waals surface area contributed by atoms with Gasteiger partial charge in [0.25, 0.3) is 5.56 Å². The van der Waals surface area contributed by atoms with E-state index in [1.165, 1.54) is 10.2 Å². The molecule has 1 saturated heterocycles. The van der Waals surface area contributed by atoms with Crippen molar-refractivity contribution in [3.05, 3.63) is 74.6 Å². The quantitative estimate of drug-likeness (QED) is 0.274. The van der Waals surface area contributed by atoms with Gasteiger partial charge in [-0.25, -0.2) is 9.48 Å². The summed E-state index contributed by atoms with van der Waals surface area (Å²) in [5.74, 6) is 0.884. The van der Waals surface area contributed by atoms with Gasteiger partial charge in [0.2, 0.25) is 0 Å². The summed E-state index contributed by atoms with van der Waals surface area (Å²) in [5.41, 5.74) is 5.61. The van der Waals surface area contributed by atoms with Gasteiger partial charge in [-0.15, -0.1) is 11.3 Å². The fourth-order valence-electron chi connectivity index (χ4n) is 7.26. The first-order valence-electron chi connectivity index (χ1n) is 16.6. The van der Waals surface area contributed by atoms with Crippen LogP contribution in [0.1, 0.15) is 81.9 Å². The summed E-state index contributed by atoms with van der Waals surface area (Å²) in [4.78, 5) is 36.0. The fraction of sp³-hybridized carbons (Fsp3) is 0.486. The zero-order valence-corrected chi connectivity index (χ0v) is 29.2. The second-order valence-electron chi connectivity index (χ2n) is 15.5. The van der Waals surface area contributed by atoms with Crippen molar-refractivity contribution >= 4 is 33.3 Å². The number of thiophene rings is 1. The number of likely N-dealkylation sites (tertiary alicyclic amines) is 1. The number of anilines is 1. The van der Waals surface area contributed by atoms with E-state index >= 15 is 0 Å².